The Labute approximate surface area is 193 Å². The molecule has 12 heteroatoms. The topological polar surface area (TPSA) is 188 Å². The molecule has 0 radical (unpaired) electrons. The highest BCUT2D eigenvalue weighted by molar-refractivity contribution is 7.80. The second-order valence-electron chi connectivity index (χ2n) is 8.18. The van der Waals surface area contributed by atoms with Gasteiger partial charge in [-0.25, -0.2) is 4.79 Å². The molecule has 0 bridgehead atoms. The van der Waals surface area contributed by atoms with Gasteiger partial charge in [0.25, 0.3) is 0 Å². The van der Waals surface area contributed by atoms with Crippen LogP contribution in [-0.4, -0.2) is 69.8 Å². The third kappa shape index (κ3) is 10.8. The molecule has 0 aliphatic rings. The minimum absolute atomic E-state index is 0.0431. The van der Waals surface area contributed by atoms with Gasteiger partial charge in [-0.1, -0.05) is 34.1 Å². The van der Waals surface area contributed by atoms with Crippen molar-refractivity contribution in [2.45, 2.75) is 77.5 Å². The fourth-order valence-electron chi connectivity index (χ4n) is 2.75. The second-order valence-corrected chi connectivity index (χ2v) is 8.54. The molecule has 0 aromatic carbocycles. The van der Waals surface area contributed by atoms with Crippen LogP contribution in [0.3, 0.4) is 0 Å². The lowest BCUT2D eigenvalue weighted by Crippen LogP contribution is -2.58. The van der Waals surface area contributed by atoms with Gasteiger partial charge in [0.2, 0.25) is 17.7 Å². The third-order valence-corrected chi connectivity index (χ3v) is 5.34. The van der Waals surface area contributed by atoms with Gasteiger partial charge in [0, 0.05) is 12.2 Å². The quantitative estimate of drug-likeness (QED) is 0.157. The summed E-state index contributed by atoms with van der Waals surface area (Å²) in [5, 5.41) is 25.3. The van der Waals surface area contributed by atoms with Gasteiger partial charge in [0.05, 0.1) is 6.04 Å². The van der Waals surface area contributed by atoms with Crippen LogP contribution in [0.15, 0.2) is 0 Å². The zero-order chi connectivity index (χ0) is 25.0. The van der Waals surface area contributed by atoms with Crippen molar-refractivity contribution >= 4 is 42.3 Å². The van der Waals surface area contributed by atoms with Gasteiger partial charge in [-0.2, -0.15) is 12.6 Å². The van der Waals surface area contributed by atoms with Crippen LogP contribution in [0, 0.1) is 11.8 Å². The summed E-state index contributed by atoms with van der Waals surface area (Å²) in [6, 6.07) is -4.36. The standard InChI is InChI=1S/C20H36N4O7S/c1-5-11(4)16(21)19(29)23-13(8-10(2)3)17(27)24-14(9-32)18(28)22-12(20(30)31)6-7-15(25)26/h10-14,16,32H,5-9,21H2,1-4H3,(H,22,28)(H,23,29)(H,24,27)(H,25,26)(H,30,31). The molecule has 0 aromatic heterocycles. The van der Waals surface area contributed by atoms with Gasteiger partial charge >= 0.3 is 11.9 Å². The van der Waals surface area contributed by atoms with E-state index < -0.39 is 60.2 Å². The van der Waals surface area contributed by atoms with Crippen LogP contribution in [0.4, 0.5) is 0 Å². The molecular weight excluding hydrogens is 440 g/mol. The SMILES string of the molecule is CCC(C)C(N)C(=O)NC(CC(C)C)C(=O)NC(CS)C(=O)NC(CCC(=O)O)C(=O)O. The molecular formula is C20H36N4O7S. The van der Waals surface area contributed by atoms with Crippen molar-refractivity contribution in [1.82, 2.24) is 16.0 Å². The number of hydrogen-bond donors (Lipinski definition) is 7. The van der Waals surface area contributed by atoms with Crippen LogP contribution in [0.25, 0.3) is 0 Å². The highest BCUT2D eigenvalue weighted by Gasteiger charge is 2.31. The lowest BCUT2D eigenvalue weighted by Gasteiger charge is -2.26. The predicted molar refractivity (Wildman–Crippen MR) is 121 cm³/mol. The van der Waals surface area contributed by atoms with Crippen molar-refractivity contribution in [2.24, 2.45) is 17.6 Å². The number of carboxylic acid groups (broad SMARTS) is 2. The van der Waals surface area contributed by atoms with Crippen LogP contribution in [-0.2, 0) is 24.0 Å². The minimum Gasteiger partial charge on any atom is -0.481 e. The Kier molecular flexibility index (Phi) is 13.6. The number of amides is 3. The normalized spacial score (nSPS) is 15.7. The number of aliphatic carboxylic acids is 2. The summed E-state index contributed by atoms with van der Waals surface area (Å²) in [7, 11) is 0. The van der Waals surface area contributed by atoms with Gasteiger partial charge in [-0.3, -0.25) is 19.2 Å². The summed E-state index contributed by atoms with van der Waals surface area (Å²) < 4.78 is 0. The molecule has 0 aromatic rings. The lowest BCUT2D eigenvalue weighted by atomic mass is 9.97. The van der Waals surface area contributed by atoms with Gasteiger partial charge in [-0.15, -0.1) is 0 Å². The molecule has 32 heavy (non-hydrogen) atoms. The highest BCUT2D eigenvalue weighted by Crippen LogP contribution is 2.09. The first-order chi connectivity index (χ1) is 14.8. The van der Waals surface area contributed by atoms with E-state index in [2.05, 4.69) is 28.6 Å². The van der Waals surface area contributed by atoms with Crippen LogP contribution in [0.2, 0.25) is 0 Å². The van der Waals surface area contributed by atoms with E-state index in [0.29, 0.717) is 12.8 Å². The maximum atomic E-state index is 12.8. The number of rotatable bonds is 15. The van der Waals surface area contributed by atoms with E-state index >= 15 is 0 Å². The van der Waals surface area contributed by atoms with Crippen molar-refractivity contribution < 1.29 is 34.2 Å². The molecule has 0 saturated heterocycles. The van der Waals surface area contributed by atoms with Gasteiger partial charge in [-0.05, 0) is 24.7 Å². The van der Waals surface area contributed by atoms with E-state index in [9.17, 15) is 29.1 Å². The maximum Gasteiger partial charge on any atom is 0.326 e. The zero-order valence-electron chi connectivity index (χ0n) is 19.0. The van der Waals surface area contributed by atoms with E-state index in [1.807, 2.05) is 27.7 Å². The van der Waals surface area contributed by atoms with Gasteiger partial charge in [0.1, 0.15) is 18.1 Å². The van der Waals surface area contributed by atoms with Crippen molar-refractivity contribution in [2.75, 3.05) is 5.75 Å². The van der Waals surface area contributed by atoms with E-state index in [1.165, 1.54) is 0 Å². The fourth-order valence-corrected chi connectivity index (χ4v) is 3.00. The molecule has 0 spiro atoms. The molecule has 0 fully saturated rings. The molecule has 3 amide bonds. The number of nitrogens with one attached hydrogen (secondary N) is 3. The Hall–Kier alpha value is -2.34. The largest absolute Gasteiger partial charge is 0.481 e. The van der Waals surface area contributed by atoms with Crippen LogP contribution < -0.4 is 21.7 Å². The smallest absolute Gasteiger partial charge is 0.326 e. The summed E-state index contributed by atoms with van der Waals surface area (Å²) in [4.78, 5) is 59.7. The van der Waals surface area contributed by atoms with Gasteiger partial charge < -0.3 is 31.9 Å². The van der Waals surface area contributed by atoms with Crippen LogP contribution in [0.1, 0.15) is 53.4 Å². The molecule has 5 atom stereocenters. The summed E-state index contributed by atoms with van der Waals surface area (Å²) in [5.74, 6) is -4.72. The van der Waals surface area contributed by atoms with E-state index in [4.69, 9.17) is 10.8 Å². The predicted octanol–water partition coefficient (Wildman–Crippen LogP) is -0.260. The summed E-state index contributed by atoms with van der Waals surface area (Å²) >= 11 is 4.04. The van der Waals surface area contributed by atoms with Crippen LogP contribution in [0.5, 0.6) is 0 Å². The van der Waals surface area contributed by atoms with Crippen molar-refractivity contribution in [3.8, 4) is 0 Å². The Morgan fingerprint density at radius 1 is 0.875 bits per heavy atom. The summed E-state index contributed by atoms with van der Waals surface area (Å²) in [6.45, 7) is 7.45. The highest BCUT2D eigenvalue weighted by atomic mass is 32.1. The Morgan fingerprint density at radius 2 is 1.38 bits per heavy atom. The Bertz CT molecular complexity index is 674. The molecule has 5 unspecified atom stereocenters. The first-order valence-electron chi connectivity index (χ1n) is 10.6. The number of thiol groups is 1. The average Bonchev–Trinajstić information content (AvgIpc) is 2.71. The maximum absolute atomic E-state index is 12.8. The van der Waals surface area contributed by atoms with Crippen molar-refractivity contribution in [3.63, 3.8) is 0 Å². The molecule has 0 heterocycles. The molecule has 0 saturated carbocycles. The number of hydrogen-bond acceptors (Lipinski definition) is 7. The molecule has 11 nitrogen and oxygen atoms in total. The first-order valence-corrected chi connectivity index (χ1v) is 11.2. The number of nitrogens with two attached hydrogens (primary N) is 1. The van der Waals surface area contributed by atoms with Crippen LogP contribution >= 0.6 is 12.6 Å². The van der Waals surface area contributed by atoms with E-state index in [0.717, 1.165) is 0 Å². The molecule has 0 aliphatic carbocycles. The fraction of sp³-hybridized carbons (Fsp3) is 0.750. The Balaban J connectivity index is 5.27. The van der Waals surface area contributed by atoms with E-state index in [-0.39, 0.29) is 24.0 Å². The second kappa shape index (κ2) is 14.7. The van der Waals surface area contributed by atoms with Crippen molar-refractivity contribution in [1.29, 1.82) is 0 Å². The molecule has 7 N–H and O–H groups in total. The zero-order valence-corrected chi connectivity index (χ0v) is 19.9. The average molecular weight is 477 g/mol. The monoisotopic (exact) mass is 476 g/mol. The molecule has 0 aliphatic heterocycles. The lowest BCUT2D eigenvalue weighted by molar-refractivity contribution is -0.143. The van der Waals surface area contributed by atoms with Gasteiger partial charge in [0.15, 0.2) is 0 Å². The first kappa shape index (κ1) is 29.7. The molecule has 0 rings (SSSR count). The number of carbonyl (C=O) groups excluding carboxylic acids is 3. The third-order valence-electron chi connectivity index (χ3n) is 4.98. The van der Waals surface area contributed by atoms with E-state index in [1.54, 1.807) is 0 Å². The minimum atomic E-state index is -1.43. The van der Waals surface area contributed by atoms with Crippen molar-refractivity contribution in [3.05, 3.63) is 0 Å². The summed E-state index contributed by atoms with van der Waals surface area (Å²) in [5.41, 5.74) is 5.94. The Morgan fingerprint density at radius 3 is 1.81 bits per heavy atom. The number of carboxylic acids is 2. The number of carbonyl (C=O) groups is 5. The summed E-state index contributed by atoms with van der Waals surface area (Å²) in [6.07, 6.45) is 0.212. The molecule has 184 valence electrons.